The van der Waals surface area contributed by atoms with E-state index in [0.717, 1.165) is 0 Å². The van der Waals surface area contributed by atoms with Crippen molar-refractivity contribution in [1.82, 2.24) is 0 Å². The van der Waals surface area contributed by atoms with E-state index in [1.165, 1.54) is 0 Å². The van der Waals surface area contributed by atoms with Gasteiger partial charge in [0.15, 0.2) is 0 Å². The minimum Gasteiger partial charge on any atom is -0.388 e. The van der Waals surface area contributed by atoms with Gasteiger partial charge in [-0.2, -0.15) is 0 Å². The second-order valence-electron chi connectivity index (χ2n) is 4.75. The molecule has 0 bridgehead atoms. The summed E-state index contributed by atoms with van der Waals surface area (Å²) in [6.45, 7) is 1.67. The maximum Gasteiger partial charge on any atom is 1.00 e. The van der Waals surface area contributed by atoms with Gasteiger partial charge in [0.1, 0.15) is 30.0 Å². The molecule has 3 saturated heterocycles. The first-order valence-corrected chi connectivity index (χ1v) is 6.09. The van der Waals surface area contributed by atoms with Crippen molar-refractivity contribution in [2.75, 3.05) is 33.0 Å². The molecule has 0 aromatic rings. The molecule has 0 aromatic carbocycles. The number of nitrogens with zero attached hydrogens (tertiary/aromatic N) is 1. The molecule has 1 unspecified atom stereocenters. The number of rotatable bonds is 1. The monoisotopic (exact) mass is 317 g/mol. The fraction of sp³-hybridized carbons (Fsp3) is 1.00. The van der Waals surface area contributed by atoms with Crippen LogP contribution < -0.4 is 29.6 Å². The summed E-state index contributed by atoms with van der Waals surface area (Å²) in [5.41, 5.74) is -1.21. The Morgan fingerprint density at radius 3 is 2.38 bits per heavy atom. The molecule has 0 spiro atoms. The molecule has 0 aromatic heterocycles. The Morgan fingerprint density at radius 1 is 1.14 bits per heavy atom. The zero-order valence-corrected chi connectivity index (χ0v) is 13.5. The molecule has 21 heavy (non-hydrogen) atoms. The fourth-order valence-electron chi connectivity index (χ4n) is 2.59. The second kappa shape index (κ2) is 7.99. The van der Waals surface area contributed by atoms with Crippen molar-refractivity contribution < 1.29 is 63.8 Å². The van der Waals surface area contributed by atoms with Crippen LogP contribution in [0.15, 0.2) is 0 Å². The molecule has 2 N–H and O–H groups in total. The van der Waals surface area contributed by atoms with E-state index in [9.17, 15) is 10.2 Å². The van der Waals surface area contributed by atoms with Gasteiger partial charge in [-0.3, -0.25) is 0 Å². The minimum absolute atomic E-state index is 0. The van der Waals surface area contributed by atoms with Gasteiger partial charge < -0.3 is 44.5 Å². The van der Waals surface area contributed by atoms with E-state index in [-0.39, 0.29) is 42.8 Å². The standard InChI is InChI=1S/C10H16O6.NO3.Na/c11-6-3-15-9-8(6)16-5-10(9,12)7-4-13-1-2-14-7;2-1(3)4;/h6-9,11-12H,1-5H2;;/q;-1;+1/t6-,7?,8-,9+,10+;;/m1../s1. The van der Waals surface area contributed by atoms with Gasteiger partial charge in [0.25, 0.3) is 0 Å². The average molecular weight is 317 g/mol. The SMILES string of the molecule is O=[N+]([O-])[O-].O[C@@H]1CO[C@H]2[C@@H]1OC[C@]2(O)C1COCCO1.[Na+]. The van der Waals surface area contributed by atoms with Gasteiger partial charge in [-0.25, -0.2) is 0 Å². The summed E-state index contributed by atoms with van der Waals surface area (Å²) in [5, 5.41) is 34.9. The number of aliphatic hydroxyl groups excluding tert-OH is 1. The van der Waals surface area contributed by atoms with Crippen molar-refractivity contribution in [3.63, 3.8) is 0 Å². The maximum atomic E-state index is 10.5. The van der Waals surface area contributed by atoms with Crippen LogP contribution in [-0.2, 0) is 18.9 Å². The first kappa shape index (κ1) is 19.0. The molecule has 0 radical (unpaired) electrons. The van der Waals surface area contributed by atoms with Crippen molar-refractivity contribution in [3.05, 3.63) is 15.3 Å². The van der Waals surface area contributed by atoms with E-state index in [2.05, 4.69) is 0 Å². The Labute approximate surface area is 142 Å². The van der Waals surface area contributed by atoms with E-state index in [0.29, 0.717) is 19.8 Å². The molecule has 0 saturated carbocycles. The van der Waals surface area contributed by atoms with Crippen molar-refractivity contribution >= 4 is 0 Å². The van der Waals surface area contributed by atoms with Crippen LogP contribution in [0.4, 0.5) is 0 Å². The summed E-state index contributed by atoms with van der Waals surface area (Å²) in [6, 6.07) is 0. The zero-order chi connectivity index (χ0) is 14.8. The van der Waals surface area contributed by atoms with Gasteiger partial charge in [-0.15, -0.1) is 0 Å². The van der Waals surface area contributed by atoms with Crippen LogP contribution in [0, 0.1) is 15.3 Å². The van der Waals surface area contributed by atoms with Crippen molar-refractivity contribution in [1.29, 1.82) is 0 Å². The molecule has 3 rings (SSSR count). The quantitative estimate of drug-likeness (QED) is 0.276. The third-order valence-corrected chi connectivity index (χ3v) is 3.50. The van der Waals surface area contributed by atoms with Gasteiger partial charge in [-0.1, -0.05) is 0 Å². The summed E-state index contributed by atoms with van der Waals surface area (Å²) in [5.74, 6) is 0. The molecule has 10 nitrogen and oxygen atoms in total. The minimum atomic E-state index is -1.75. The zero-order valence-electron chi connectivity index (χ0n) is 11.5. The van der Waals surface area contributed by atoms with Gasteiger partial charge in [0.2, 0.25) is 0 Å². The van der Waals surface area contributed by atoms with Crippen LogP contribution in [-0.4, -0.2) is 78.4 Å². The normalized spacial score (nSPS) is 41.4. The first-order chi connectivity index (χ1) is 9.45. The van der Waals surface area contributed by atoms with E-state index >= 15 is 0 Å². The topological polar surface area (TPSA) is 144 Å². The fourth-order valence-corrected chi connectivity index (χ4v) is 2.59. The summed E-state index contributed by atoms with van der Waals surface area (Å²) >= 11 is 0. The maximum absolute atomic E-state index is 10.5. The average Bonchev–Trinajstić information content (AvgIpc) is 2.94. The molecule has 0 aliphatic carbocycles. The van der Waals surface area contributed by atoms with E-state index in [4.69, 9.17) is 34.3 Å². The molecule has 0 amide bonds. The van der Waals surface area contributed by atoms with Crippen molar-refractivity contribution in [2.24, 2.45) is 0 Å². The number of hydrogen-bond donors (Lipinski definition) is 2. The molecule has 3 aliphatic rings. The summed E-state index contributed by atoms with van der Waals surface area (Å²) < 4.78 is 21.6. The first-order valence-electron chi connectivity index (χ1n) is 6.09. The number of aliphatic hydroxyl groups is 2. The van der Waals surface area contributed by atoms with Crippen LogP contribution in [0.25, 0.3) is 0 Å². The summed E-state index contributed by atoms with van der Waals surface area (Å²) in [6.07, 6.45) is -2.07. The van der Waals surface area contributed by atoms with Crippen LogP contribution >= 0.6 is 0 Å². The van der Waals surface area contributed by atoms with Gasteiger partial charge >= 0.3 is 29.6 Å². The molecule has 11 heteroatoms. The molecule has 3 heterocycles. The predicted octanol–water partition coefficient (Wildman–Crippen LogP) is -4.94. The van der Waals surface area contributed by atoms with Gasteiger partial charge in [-0.05, 0) is 0 Å². The Morgan fingerprint density at radius 2 is 1.81 bits per heavy atom. The molecule has 5 atom stereocenters. The Hall–Kier alpha value is -0.0400. The van der Waals surface area contributed by atoms with Crippen LogP contribution in [0.3, 0.4) is 0 Å². The molecular formula is C10H16NNaO9. The smallest absolute Gasteiger partial charge is 0.388 e. The van der Waals surface area contributed by atoms with Crippen LogP contribution in [0.1, 0.15) is 0 Å². The van der Waals surface area contributed by atoms with Crippen molar-refractivity contribution in [3.8, 4) is 0 Å². The van der Waals surface area contributed by atoms with Gasteiger partial charge in [0, 0.05) is 0 Å². The molecule has 116 valence electrons. The molecule has 3 fully saturated rings. The second-order valence-corrected chi connectivity index (χ2v) is 4.75. The number of fused-ring (bicyclic) bond motifs is 1. The van der Waals surface area contributed by atoms with E-state index in [1.54, 1.807) is 0 Å². The molecular weight excluding hydrogens is 301 g/mol. The third kappa shape index (κ3) is 4.24. The van der Waals surface area contributed by atoms with E-state index in [1.807, 2.05) is 0 Å². The number of hydrogen-bond acceptors (Lipinski definition) is 9. The van der Waals surface area contributed by atoms with E-state index < -0.39 is 35.1 Å². The number of ether oxygens (including phenoxy) is 4. The predicted molar refractivity (Wildman–Crippen MR) is 61.4 cm³/mol. The summed E-state index contributed by atoms with van der Waals surface area (Å²) in [7, 11) is 0. The van der Waals surface area contributed by atoms with Crippen LogP contribution in [0.2, 0.25) is 0 Å². The Balaban J connectivity index is 0.000000397. The Bertz CT molecular complexity index is 349. The van der Waals surface area contributed by atoms with Crippen LogP contribution in [0.5, 0.6) is 0 Å². The largest absolute Gasteiger partial charge is 1.00 e. The molecule has 3 aliphatic heterocycles. The van der Waals surface area contributed by atoms with Gasteiger partial charge in [0.05, 0.1) is 38.1 Å². The summed E-state index contributed by atoms with van der Waals surface area (Å²) in [4.78, 5) is 8.25. The third-order valence-electron chi connectivity index (χ3n) is 3.50. The Kier molecular flexibility index (Phi) is 7.24. The van der Waals surface area contributed by atoms with Crippen molar-refractivity contribution in [2.45, 2.75) is 30.0 Å².